The van der Waals surface area contributed by atoms with Gasteiger partial charge in [0.1, 0.15) is 4.90 Å². The van der Waals surface area contributed by atoms with Gasteiger partial charge in [-0.1, -0.05) is 18.2 Å². The smallest absolute Gasteiger partial charge is 0.240 e. The van der Waals surface area contributed by atoms with Gasteiger partial charge in [-0.05, 0) is 12.1 Å². The summed E-state index contributed by atoms with van der Waals surface area (Å²) in [6.07, 6.45) is 4.12. The second kappa shape index (κ2) is 5.01. The Kier molecular flexibility index (Phi) is 3.30. The van der Waals surface area contributed by atoms with Crippen molar-refractivity contribution in [3.05, 3.63) is 48.4 Å². The average Bonchev–Trinajstić information content (AvgIpc) is 3.00. The molecule has 0 bridgehead atoms. The monoisotopic (exact) mass is 304 g/mol. The van der Waals surface area contributed by atoms with Gasteiger partial charge < -0.3 is 4.57 Å². The van der Waals surface area contributed by atoms with Gasteiger partial charge >= 0.3 is 0 Å². The highest BCUT2D eigenvalue weighted by Gasteiger charge is 2.16. The molecule has 0 fully saturated rings. The lowest BCUT2D eigenvalue weighted by atomic mass is 10.2. The van der Waals surface area contributed by atoms with E-state index in [1.165, 1.54) is 0 Å². The molecule has 2 N–H and O–H groups in total. The molecule has 0 aliphatic heterocycles. The summed E-state index contributed by atoms with van der Waals surface area (Å²) in [5.41, 5.74) is 1.95. The van der Waals surface area contributed by atoms with Crippen molar-refractivity contribution in [2.24, 2.45) is 12.2 Å². The second-order valence-corrected chi connectivity index (χ2v) is 6.47. The number of hydrogen-bond donors (Lipinski definition) is 1. The average molecular weight is 304 g/mol. The number of para-hydroxylation sites is 1. The molecule has 1 aromatic carbocycles. The Bertz CT molecular complexity index is 893. The van der Waals surface area contributed by atoms with Crippen molar-refractivity contribution in [3.63, 3.8) is 0 Å². The van der Waals surface area contributed by atoms with E-state index in [1.54, 1.807) is 18.5 Å². The van der Waals surface area contributed by atoms with Crippen LogP contribution in [-0.4, -0.2) is 22.8 Å². The first-order valence-electron chi connectivity index (χ1n) is 6.54. The van der Waals surface area contributed by atoms with Crippen molar-refractivity contribution in [2.45, 2.75) is 17.9 Å². The maximum atomic E-state index is 11.7. The van der Waals surface area contributed by atoms with E-state index in [2.05, 4.69) is 5.10 Å². The fourth-order valence-electron chi connectivity index (χ4n) is 2.51. The minimum absolute atomic E-state index is 0.170. The van der Waals surface area contributed by atoms with Crippen molar-refractivity contribution in [1.29, 1.82) is 0 Å². The van der Waals surface area contributed by atoms with E-state index in [0.29, 0.717) is 11.9 Å². The number of primary sulfonamides is 1. The molecule has 0 aliphatic rings. The van der Waals surface area contributed by atoms with E-state index in [0.717, 1.165) is 17.6 Å². The first-order valence-corrected chi connectivity index (χ1v) is 8.09. The summed E-state index contributed by atoms with van der Waals surface area (Å²) in [6, 6.07) is 9.31. The van der Waals surface area contributed by atoms with Gasteiger partial charge in [0, 0.05) is 49.0 Å². The highest BCUT2D eigenvalue weighted by atomic mass is 32.2. The Balaban J connectivity index is 2.01. The Labute approximate surface area is 122 Å². The van der Waals surface area contributed by atoms with Crippen LogP contribution in [0.1, 0.15) is 5.69 Å². The molecule has 110 valence electrons. The molecule has 3 rings (SSSR count). The number of rotatable bonds is 4. The Hall–Kier alpha value is -2.12. The highest BCUT2D eigenvalue weighted by Crippen LogP contribution is 2.24. The number of nitrogens with zero attached hydrogens (tertiary/aromatic N) is 3. The predicted molar refractivity (Wildman–Crippen MR) is 80.2 cm³/mol. The van der Waals surface area contributed by atoms with Gasteiger partial charge in [-0.2, -0.15) is 5.10 Å². The molecule has 2 heterocycles. The van der Waals surface area contributed by atoms with Gasteiger partial charge in [0.15, 0.2) is 0 Å². The lowest BCUT2D eigenvalue weighted by molar-refractivity contribution is 0.597. The van der Waals surface area contributed by atoms with Gasteiger partial charge in [-0.25, -0.2) is 13.6 Å². The van der Waals surface area contributed by atoms with Gasteiger partial charge in [0.25, 0.3) is 0 Å². The number of hydrogen-bond acceptors (Lipinski definition) is 3. The summed E-state index contributed by atoms with van der Waals surface area (Å²) >= 11 is 0. The predicted octanol–water partition coefficient (Wildman–Crippen LogP) is 1.26. The van der Waals surface area contributed by atoms with Gasteiger partial charge in [-0.15, -0.1) is 0 Å². The van der Waals surface area contributed by atoms with Crippen molar-refractivity contribution < 1.29 is 8.42 Å². The van der Waals surface area contributed by atoms with Crippen LogP contribution in [0.25, 0.3) is 10.9 Å². The third-order valence-corrected chi connectivity index (χ3v) is 4.53. The largest absolute Gasteiger partial charge is 0.346 e. The zero-order chi connectivity index (χ0) is 15.0. The Morgan fingerprint density at radius 2 is 2.00 bits per heavy atom. The van der Waals surface area contributed by atoms with E-state index >= 15 is 0 Å². The zero-order valence-electron chi connectivity index (χ0n) is 11.6. The van der Waals surface area contributed by atoms with Crippen molar-refractivity contribution in [1.82, 2.24) is 14.3 Å². The summed E-state index contributed by atoms with van der Waals surface area (Å²) in [5, 5.41) is 10.1. The fraction of sp³-hybridized carbons (Fsp3) is 0.214. The van der Waals surface area contributed by atoms with Crippen LogP contribution in [0.15, 0.2) is 47.6 Å². The quantitative estimate of drug-likeness (QED) is 0.788. The molecule has 0 radical (unpaired) electrons. The molecule has 0 saturated carbocycles. The van der Waals surface area contributed by atoms with Crippen LogP contribution in [0.2, 0.25) is 0 Å². The van der Waals surface area contributed by atoms with E-state index in [1.807, 2.05) is 40.6 Å². The summed E-state index contributed by atoms with van der Waals surface area (Å²) in [7, 11) is -1.84. The topological polar surface area (TPSA) is 82.9 Å². The SMILES string of the molecule is Cn1nccc1CCn1cc(S(N)(=O)=O)c2ccccc21. The molecule has 7 heteroatoms. The van der Waals surface area contributed by atoms with Crippen LogP contribution in [0.5, 0.6) is 0 Å². The molecular formula is C14H16N4O2S. The molecule has 2 aromatic heterocycles. The minimum atomic E-state index is -3.73. The number of benzene rings is 1. The van der Waals surface area contributed by atoms with E-state index in [9.17, 15) is 8.42 Å². The lowest BCUT2D eigenvalue weighted by Crippen LogP contribution is -2.11. The zero-order valence-corrected chi connectivity index (χ0v) is 12.4. The maximum Gasteiger partial charge on any atom is 0.240 e. The number of aromatic nitrogens is 3. The lowest BCUT2D eigenvalue weighted by Gasteiger charge is -2.05. The third-order valence-electron chi connectivity index (χ3n) is 3.59. The highest BCUT2D eigenvalue weighted by molar-refractivity contribution is 7.89. The summed E-state index contributed by atoms with van der Waals surface area (Å²) in [5.74, 6) is 0. The van der Waals surface area contributed by atoms with Crippen LogP contribution in [0.3, 0.4) is 0 Å². The summed E-state index contributed by atoms with van der Waals surface area (Å²) in [6.45, 7) is 0.662. The van der Waals surface area contributed by atoms with E-state index in [-0.39, 0.29) is 4.90 Å². The van der Waals surface area contributed by atoms with E-state index < -0.39 is 10.0 Å². The molecule has 21 heavy (non-hydrogen) atoms. The van der Waals surface area contributed by atoms with Gasteiger partial charge in [-0.3, -0.25) is 4.68 Å². The van der Waals surface area contributed by atoms with E-state index in [4.69, 9.17) is 5.14 Å². The molecular weight excluding hydrogens is 288 g/mol. The number of nitrogens with two attached hydrogens (primary N) is 1. The normalized spacial score (nSPS) is 12.1. The van der Waals surface area contributed by atoms with Gasteiger partial charge in [0.05, 0.1) is 0 Å². The van der Waals surface area contributed by atoms with Crippen LogP contribution < -0.4 is 5.14 Å². The second-order valence-electron chi connectivity index (χ2n) is 4.95. The molecule has 0 saturated heterocycles. The number of sulfonamides is 1. The minimum Gasteiger partial charge on any atom is -0.346 e. The third kappa shape index (κ3) is 2.57. The van der Waals surface area contributed by atoms with Crippen molar-refractivity contribution in [2.75, 3.05) is 0 Å². The molecule has 0 unspecified atom stereocenters. The molecule has 0 spiro atoms. The molecule has 0 aliphatic carbocycles. The van der Waals surface area contributed by atoms with Crippen LogP contribution in [-0.2, 0) is 30.0 Å². The molecule has 0 amide bonds. The van der Waals surface area contributed by atoms with Crippen molar-refractivity contribution >= 4 is 20.9 Å². The van der Waals surface area contributed by atoms with Crippen LogP contribution >= 0.6 is 0 Å². The number of fused-ring (bicyclic) bond motifs is 1. The first kappa shape index (κ1) is 13.8. The molecule has 0 atom stereocenters. The Morgan fingerprint density at radius 3 is 2.67 bits per heavy atom. The van der Waals surface area contributed by atoms with Crippen molar-refractivity contribution in [3.8, 4) is 0 Å². The Morgan fingerprint density at radius 1 is 1.24 bits per heavy atom. The number of aryl methyl sites for hydroxylation is 3. The van der Waals surface area contributed by atoms with Crippen LogP contribution in [0, 0.1) is 0 Å². The summed E-state index contributed by atoms with van der Waals surface area (Å²) < 4.78 is 27.1. The molecule has 3 aromatic rings. The molecule has 6 nitrogen and oxygen atoms in total. The fourth-order valence-corrected chi connectivity index (χ4v) is 3.26. The standard InChI is InChI=1S/C14H16N4O2S/c1-17-11(6-8-16-17)7-9-18-10-14(21(15,19)20)12-4-2-3-5-13(12)18/h2-6,8,10H,7,9H2,1H3,(H2,15,19,20). The first-order chi connectivity index (χ1) is 9.97. The summed E-state index contributed by atoms with van der Waals surface area (Å²) in [4.78, 5) is 0.170. The maximum absolute atomic E-state index is 11.7. The van der Waals surface area contributed by atoms with Gasteiger partial charge in [0.2, 0.25) is 10.0 Å². The van der Waals surface area contributed by atoms with Crippen LogP contribution in [0.4, 0.5) is 0 Å².